The molecule has 1 unspecified atom stereocenters. The van der Waals surface area contributed by atoms with Crippen LogP contribution in [0.5, 0.6) is 5.75 Å². The van der Waals surface area contributed by atoms with Gasteiger partial charge in [0.2, 0.25) is 0 Å². The zero-order valence-corrected chi connectivity index (χ0v) is 14.6. The maximum atomic E-state index is 12.3. The molecule has 1 N–H and O–H groups in total. The Hall–Kier alpha value is -3.67. The van der Waals surface area contributed by atoms with Gasteiger partial charge in [-0.05, 0) is 17.7 Å². The van der Waals surface area contributed by atoms with E-state index in [0.29, 0.717) is 11.0 Å². The van der Waals surface area contributed by atoms with Crippen LogP contribution in [0.1, 0.15) is 23.0 Å². The molecule has 27 heavy (non-hydrogen) atoms. The summed E-state index contributed by atoms with van der Waals surface area (Å²) in [4.78, 5) is 21.3. The number of benzene rings is 2. The van der Waals surface area contributed by atoms with Gasteiger partial charge in [-0.25, -0.2) is 9.78 Å². The van der Waals surface area contributed by atoms with Crippen molar-refractivity contribution < 1.29 is 9.52 Å². The smallest absolute Gasteiger partial charge is 0.348 e. The highest BCUT2D eigenvalue weighted by Gasteiger charge is 2.18. The van der Waals surface area contributed by atoms with Crippen molar-refractivity contribution in [2.24, 2.45) is 12.0 Å². The first-order valence-corrected chi connectivity index (χ1v) is 8.45. The molecule has 6 heteroatoms. The van der Waals surface area contributed by atoms with E-state index < -0.39 is 11.7 Å². The minimum Gasteiger partial charge on any atom is -0.506 e. The summed E-state index contributed by atoms with van der Waals surface area (Å²) < 4.78 is 7.17. The second-order valence-electron chi connectivity index (χ2n) is 6.14. The highest BCUT2D eigenvalue weighted by molar-refractivity contribution is 5.93. The van der Waals surface area contributed by atoms with Gasteiger partial charge in [0.05, 0.1) is 5.39 Å². The van der Waals surface area contributed by atoms with Crippen molar-refractivity contribution in [3.63, 3.8) is 0 Å². The van der Waals surface area contributed by atoms with E-state index >= 15 is 0 Å². The quantitative estimate of drug-likeness (QED) is 0.447. The Balaban J connectivity index is 1.83. The zero-order chi connectivity index (χ0) is 18.8. The highest BCUT2D eigenvalue weighted by atomic mass is 16.4. The van der Waals surface area contributed by atoms with E-state index in [9.17, 15) is 9.90 Å². The third-order valence-electron chi connectivity index (χ3n) is 4.39. The molecule has 1 atom stereocenters. The van der Waals surface area contributed by atoms with Crippen molar-refractivity contribution in [1.29, 1.82) is 0 Å². The fourth-order valence-corrected chi connectivity index (χ4v) is 2.99. The van der Waals surface area contributed by atoms with Gasteiger partial charge in [0.15, 0.2) is 0 Å². The van der Waals surface area contributed by atoms with Crippen molar-refractivity contribution in [1.82, 2.24) is 9.55 Å². The second-order valence-corrected chi connectivity index (χ2v) is 6.14. The minimum absolute atomic E-state index is 0.0174. The number of rotatable bonds is 4. The molecule has 134 valence electrons. The summed E-state index contributed by atoms with van der Waals surface area (Å²) in [7, 11) is 1.88. The van der Waals surface area contributed by atoms with Crippen LogP contribution in [-0.4, -0.2) is 20.9 Å². The number of aryl methyl sites for hydroxylation is 1. The molecule has 0 aliphatic carbocycles. The molecule has 4 rings (SSSR count). The van der Waals surface area contributed by atoms with Gasteiger partial charge < -0.3 is 14.1 Å². The Morgan fingerprint density at radius 2 is 1.89 bits per heavy atom. The molecule has 0 aliphatic rings. The molecule has 2 aromatic carbocycles. The van der Waals surface area contributed by atoms with Gasteiger partial charge >= 0.3 is 5.63 Å². The van der Waals surface area contributed by atoms with E-state index in [2.05, 4.69) is 9.98 Å². The third-order valence-corrected chi connectivity index (χ3v) is 4.39. The van der Waals surface area contributed by atoms with Crippen molar-refractivity contribution in [2.45, 2.75) is 6.04 Å². The van der Waals surface area contributed by atoms with Crippen LogP contribution in [0.15, 0.2) is 81.2 Å². The molecule has 0 amide bonds. The lowest BCUT2D eigenvalue weighted by Gasteiger charge is -2.13. The summed E-state index contributed by atoms with van der Waals surface area (Å²) in [6, 6.07) is 16.1. The monoisotopic (exact) mass is 359 g/mol. The number of imidazole rings is 1. The van der Waals surface area contributed by atoms with Crippen LogP contribution in [0, 0.1) is 0 Å². The molecule has 0 saturated carbocycles. The zero-order valence-electron chi connectivity index (χ0n) is 14.6. The molecule has 0 saturated heterocycles. The lowest BCUT2D eigenvalue weighted by molar-refractivity contribution is 0.466. The summed E-state index contributed by atoms with van der Waals surface area (Å²) in [5, 5.41) is 11.0. The first-order chi connectivity index (χ1) is 13.1. The summed E-state index contributed by atoms with van der Waals surface area (Å²) in [6.45, 7) is 0. The Labute approximate surface area is 155 Å². The molecule has 0 spiro atoms. The SMILES string of the molecule is Cn1ccnc1C(N=Cc1c(O)c2ccccc2oc1=O)c1ccccc1. The topological polar surface area (TPSA) is 80.6 Å². The maximum absolute atomic E-state index is 12.3. The first-order valence-electron chi connectivity index (χ1n) is 8.45. The molecule has 2 aromatic heterocycles. The Bertz CT molecular complexity index is 1180. The van der Waals surface area contributed by atoms with Gasteiger partial charge in [-0.2, -0.15) is 0 Å². The molecule has 4 aromatic rings. The summed E-state index contributed by atoms with van der Waals surface area (Å²) in [5.74, 6) is 0.583. The average Bonchev–Trinajstić information content (AvgIpc) is 3.11. The standard InChI is InChI=1S/C21H17N3O3/c1-24-12-11-22-20(24)18(14-7-3-2-4-8-14)23-13-16-19(25)15-9-5-6-10-17(15)27-21(16)26/h2-13,18,25H,1H3. The van der Waals surface area contributed by atoms with E-state index in [1.54, 1.807) is 30.5 Å². The van der Waals surface area contributed by atoms with E-state index in [-0.39, 0.29) is 11.3 Å². The van der Waals surface area contributed by atoms with E-state index in [0.717, 1.165) is 11.4 Å². The molecule has 2 heterocycles. The van der Waals surface area contributed by atoms with E-state index in [1.807, 2.05) is 48.1 Å². The molecule has 0 fully saturated rings. The summed E-state index contributed by atoms with van der Waals surface area (Å²) in [5.41, 5.74) is 0.638. The fourth-order valence-electron chi connectivity index (χ4n) is 2.99. The van der Waals surface area contributed by atoms with Crippen LogP contribution in [0.4, 0.5) is 0 Å². The largest absolute Gasteiger partial charge is 0.506 e. The fraction of sp³-hybridized carbons (Fsp3) is 0.0952. The van der Waals surface area contributed by atoms with Crippen LogP contribution in [0.25, 0.3) is 11.0 Å². The summed E-state index contributed by atoms with van der Waals surface area (Å²) >= 11 is 0. The normalized spacial score (nSPS) is 12.6. The number of hydrogen-bond acceptors (Lipinski definition) is 5. The van der Waals surface area contributed by atoms with Crippen LogP contribution in [0.3, 0.4) is 0 Å². The van der Waals surface area contributed by atoms with Crippen molar-refractivity contribution in [3.05, 3.63) is 94.4 Å². The van der Waals surface area contributed by atoms with Crippen molar-refractivity contribution >= 4 is 17.2 Å². The van der Waals surface area contributed by atoms with E-state index in [4.69, 9.17) is 4.42 Å². The number of fused-ring (bicyclic) bond motifs is 1. The highest BCUT2D eigenvalue weighted by Crippen LogP contribution is 2.27. The third kappa shape index (κ3) is 3.13. The predicted octanol–water partition coefficient (Wildman–Crippen LogP) is 3.44. The lowest BCUT2D eigenvalue weighted by Crippen LogP contribution is -2.10. The number of aliphatic imine (C=N–C) groups is 1. The lowest BCUT2D eigenvalue weighted by atomic mass is 10.1. The van der Waals surface area contributed by atoms with Crippen LogP contribution in [-0.2, 0) is 7.05 Å². The molecule has 0 radical (unpaired) electrons. The number of hydrogen-bond donors (Lipinski definition) is 1. The number of aromatic hydroxyl groups is 1. The van der Waals surface area contributed by atoms with Gasteiger partial charge in [-0.15, -0.1) is 0 Å². The predicted molar refractivity (Wildman–Crippen MR) is 103 cm³/mol. The molecular weight excluding hydrogens is 342 g/mol. The molecule has 0 bridgehead atoms. The van der Waals surface area contributed by atoms with E-state index in [1.165, 1.54) is 6.21 Å². The molecule has 0 aliphatic heterocycles. The second kappa shape index (κ2) is 6.92. The van der Waals surface area contributed by atoms with Gasteiger partial charge in [0.25, 0.3) is 0 Å². The Morgan fingerprint density at radius 1 is 1.15 bits per heavy atom. The minimum atomic E-state index is -0.637. The van der Waals surface area contributed by atoms with Crippen LogP contribution in [0.2, 0.25) is 0 Å². The van der Waals surface area contributed by atoms with Gasteiger partial charge in [-0.3, -0.25) is 4.99 Å². The molecular formula is C21H17N3O3. The average molecular weight is 359 g/mol. The Morgan fingerprint density at radius 3 is 2.63 bits per heavy atom. The van der Waals surface area contributed by atoms with Crippen LogP contribution < -0.4 is 5.63 Å². The summed E-state index contributed by atoms with van der Waals surface area (Å²) in [6.07, 6.45) is 4.89. The number of nitrogens with zero attached hydrogens (tertiary/aromatic N) is 3. The van der Waals surface area contributed by atoms with Crippen molar-refractivity contribution in [3.8, 4) is 5.75 Å². The van der Waals surface area contributed by atoms with Gasteiger partial charge in [-0.1, -0.05) is 42.5 Å². The number of aromatic nitrogens is 2. The van der Waals surface area contributed by atoms with Gasteiger partial charge in [0.1, 0.15) is 28.8 Å². The van der Waals surface area contributed by atoms with Crippen LogP contribution >= 0.6 is 0 Å². The van der Waals surface area contributed by atoms with Crippen molar-refractivity contribution in [2.75, 3.05) is 0 Å². The Kier molecular flexibility index (Phi) is 4.30. The first kappa shape index (κ1) is 16.8. The number of para-hydroxylation sites is 1. The maximum Gasteiger partial charge on any atom is 0.348 e. The van der Waals surface area contributed by atoms with Gasteiger partial charge in [0, 0.05) is 25.7 Å². The molecule has 6 nitrogen and oxygen atoms in total.